The highest BCUT2D eigenvalue weighted by atomic mass is 79.9. The first kappa shape index (κ1) is 14.8. The molecule has 5 nitrogen and oxygen atoms in total. The zero-order valence-electron chi connectivity index (χ0n) is 11.2. The third-order valence-corrected chi connectivity index (χ3v) is 5.51. The van der Waals surface area contributed by atoms with E-state index in [0.29, 0.717) is 5.52 Å². The number of benzene rings is 2. The van der Waals surface area contributed by atoms with Crippen LogP contribution in [0.15, 0.2) is 64.1 Å². The SMILES string of the molecule is NC(=O)c1ccc(S(=O)(=O)n2ccc3cc(Br)ccc32)cc1. The van der Waals surface area contributed by atoms with Crippen LogP contribution >= 0.6 is 15.9 Å². The summed E-state index contributed by atoms with van der Waals surface area (Å²) in [5.74, 6) is -0.597. The van der Waals surface area contributed by atoms with E-state index in [1.54, 1.807) is 18.2 Å². The van der Waals surface area contributed by atoms with Gasteiger partial charge >= 0.3 is 0 Å². The second-order valence-electron chi connectivity index (χ2n) is 4.71. The monoisotopic (exact) mass is 378 g/mol. The molecule has 2 aromatic carbocycles. The maximum atomic E-state index is 12.7. The summed E-state index contributed by atoms with van der Waals surface area (Å²) in [4.78, 5) is 11.2. The predicted octanol–water partition coefficient (Wildman–Crippen LogP) is 2.74. The smallest absolute Gasteiger partial charge is 0.268 e. The van der Waals surface area contributed by atoms with Gasteiger partial charge < -0.3 is 5.73 Å². The van der Waals surface area contributed by atoms with E-state index in [2.05, 4.69) is 15.9 Å². The molecule has 0 bridgehead atoms. The van der Waals surface area contributed by atoms with E-state index in [4.69, 9.17) is 5.73 Å². The van der Waals surface area contributed by atoms with Gasteiger partial charge in [0.1, 0.15) is 0 Å². The predicted molar refractivity (Wildman–Crippen MR) is 87.2 cm³/mol. The van der Waals surface area contributed by atoms with Crippen LogP contribution in [0.2, 0.25) is 0 Å². The minimum atomic E-state index is -3.73. The standard InChI is InChI=1S/C15H11BrN2O3S/c16-12-3-6-14-11(9-12)7-8-18(14)22(20,21)13-4-1-10(2-5-13)15(17)19/h1-9H,(H2,17,19). The van der Waals surface area contributed by atoms with Crippen molar-refractivity contribution in [3.05, 3.63) is 64.8 Å². The fourth-order valence-electron chi connectivity index (χ4n) is 2.20. The summed E-state index contributed by atoms with van der Waals surface area (Å²) < 4.78 is 27.5. The molecule has 1 aromatic heterocycles. The van der Waals surface area contributed by atoms with Gasteiger partial charge in [0.2, 0.25) is 5.91 Å². The molecule has 7 heteroatoms. The van der Waals surface area contributed by atoms with Gasteiger partial charge in [0.05, 0.1) is 10.4 Å². The van der Waals surface area contributed by atoms with Crippen molar-refractivity contribution in [2.75, 3.05) is 0 Å². The zero-order valence-corrected chi connectivity index (χ0v) is 13.6. The summed E-state index contributed by atoms with van der Waals surface area (Å²) in [5.41, 5.74) is 6.01. The van der Waals surface area contributed by atoms with Crippen LogP contribution in [-0.2, 0) is 10.0 Å². The lowest BCUT2D eigenvalue weighted by Crippen LogP contribution is -2.14. The van der Waals surface area contributed by atoms with E-state index in [1.165, 1.54) is 34.4 Å². The molecule has 0 aliphatic rings. The largest absolute Gasteiger partial charge is 0.366 e. The summed E-state index contributed by atoms with van der Waals surface area (Å²) in [6.45, 7) is 0. The lowest BCUT2D eigenvalue weighted by Gasteiger charge is -2.08. The van der Waals surface area contributed by atoms with Crippen molar-refractivity contribution >= 4 is 42.8 Å². The maximum absolute atomic E-state index is 12.7. The number of nitrogens with zero attached hydrogens (tertiary/aromatic N) is 1. The molecule has 2 N–H and O–H groups in total. The van der Waals surface area contributed by atoms with Crippen LogP contribution in [0.3, 0.4) is 0 Å². The van der Waals surface area contributed by atoms with Gasteiger partial charge in [-0.05, 0) is 48.5 Å². The molecule has 3 rings (SSSR count). The first-order chi connectivity index (χ1) is 10.4. The molecule has 0 radical (unpaired) electrons. The molecule has 22 heavy (non-hydrogen) atoms. The van der Waals surface area contributed by atoms with Crippen molar-refractivity contribution < 1.29 is 13.2 Å². The Morgan fingerprint density at radius 2 is 1.73 bits per heavy atom. The van der Waals surface area contributed by atoms with Crippen molar-refractivity contribution in [2.24, 2.45) is 5.73 Å². The molecule has 0 spiro atoms. The second-order valence-corrected chi connectivity index (χ2v) is 7.44. The Labute approximate surface area is 135 Å². The van der Waals surface area contributed by atoms with Crippen molar-refractivity contribution in [2.45, 2.75) is 4.90 Å². The Bertz CT molecular complexity index is 976. The number of amides is 1. The summed E-state index contributed by atoms with van der Waals surface area (Å²) >= 11 is 3.36. The third kappa shape index (κ3) is 2.42. The lowest BCUT2D eigenvalue weighted by molar-refractivity contribution is 0.1000. The molecular weight excluding hydrogens is 368 g/mol. The van der Waals surface area contributed by atoms with Gasteiger partial charge in [0.25, 0.3) is 10.0 Å². The Kier molecular flexibility index (Phi) is 3.54. The molecule has 0 fully saturated rings. The fourth-order valence-corrected chi connectivity index (χ4v) is 3.93. The Hall–Kier alpha value is -2.12. The minimum absolute atomic E-state index is 0.0953. The molecule has 0 saturated carbocycles. The molecule has 1 heterocycles. The summed E-state index contributed by atoms with van der Waals surface area (Å²) in [5, 5.41) is 0.812. The van der Waals surface area contributed by atoms with Gasteiger partial charge in [-0.25, -0.2) is 12.4 Å². The first-order valence-electron chi connectivity index (χ1n) is 6.32. The van der Waals surface area contributed by atoms with Crippen molar-refractivity contribution in [3.8, 4) is 0 Å². The fraction of sp³-hybridized carbons (Fsp3) is 0. The molecule has 112 valence electrons. The highest BCUT2D eigenvalue weighted by Gasteiger charge is 2.19. The number of hydrogen-bond acceptors (Lipinski definition) is 3. The quantitative estimate of drug-likeness (QED) is 0.760. The number of nitrogens with two attached hydrogens (primary N) is 1. The summed E-state index contributed by atoms with van der Waals surface area (Å²) in [6.07, 6.45) is 1.51. The maximum Gasteiger partial charge on any atom is 0.268 e. The van der Waals surface area contributed by atoms with Crippen LogP contribution in [-0.4, -0.2) is 18.3 Å². The normalized spacial score (nSPS) is 11.7. The van der Waals surface area contributed by atoms with Gasteiger partial charge in [0, 0.05) is 21.6 Å². The molecule has 0 saturated heterocycles. The van der Waals surface area contributed by atoms with E-state index in [1.807, 2.05) is 6.07 Å². The van der Waals surface area contributed by atoms with Crippen LogP contribution in [0.1, 0.15) is 10.4 Å². The van der Waals surface area contributed by atoms with Crippen molar-refractivity contribution in [1.29, 1.82) is 0 Å². The van der Waals surface area contributed by atoms with E-state index in [0.717, 1.165) is 9.86 Å². The van der Waals surface area contributed by atoms with Crippen LogP contribution in [0, 0.1) is 0 Å². The van der Waals surface area contributed by atoms with Crippen LogP contribution in [0.25, 0.3) is 10.9 Å². The summed E-state index contributed by atoms with van der Waals surface area (Å²) in [7, 11) is -3.73. The van der Waals surface area contributed by atoms with Crippen LogP contribution < -0.4 is 5.73 Å². The average molecular weight is 379 g/mol. The number of fused-ring (bicyclic) bond motifs is 1. The molecular formula is C15H11BrN2O3S. The number of carbonyl (C=O) groups excluding carboxylic acids is 1. The molecule has 1 amide bonds. The van der Waals surface area contributed by atoms with Gasteiger partial charge in [-0.1, -0.05) is 15.9 Å². The number of carbonyl (C=O) groups is 1. The van der Waals surface area contributed by atoms with E-state index >= 15 is 0 Å². The number of primary amides is 1. The minimum Gasteiger partial charge on any atom is -0.366 e. The number of halogens is 1. The Morgan fingerprint density at radius 1 is 1.05 bits per heavy atom. The molecule has 0 aliphatic carbocycles. The molecule has 3 aromatic rings. The van der Waals surface area contributed by atoms with Gasteiger partial charge in [0.15, 0.2) is 0 Å². The Morgan fingerprint density at radius 3 is 2.36 bits per heavy atom. The molecule has 0 aliphatic heterocycles. The van der Waals surface area contributed by atoms with Gasteiger partial charge in [-0.15, -0.1) is 0 Å². The second kappa shape index (κ2) is 5.26. The number of rotatable bonds is 3. The van der Waals surface area contributed by atoms with E-state index < -0.39 is 15.9 Å². The van der Waals surface area contributed by atoms with Gasteiger partial charge in [-0.3, -0.25) is 4.79 Å². The van der Waals surface area contributed by atoms with E-state index in [9.17, 15) is 13.2 Å². The van der Waals surface area contributed by atoms with Crippen LogP contribution in [0.4, 0.5) is 0 Å². The van der Waals surface area contributed by atoms with Crippen molar-refractivity contribution in [3.63, 3.8) is 0 Å². The molecule has 0 unspecified atom stereocenters. The first-order valence-corrected chi connectivity index (χ1v) is 8.55. The highest BCUT2D eigenvalue weighted by molar-refractivity contribution is 9.10. The Balaban J connectivity index is 2.13. The summed E-state index contributed by atoms with van der Waals surface area (Å²) in [6, 6.07) is 12.6. The number of hydrogen-bond donors (Lipinski definition) is 1. The average Bonchev–Trinajstić information content (AvgIpc) is 2.91. The topological polar surface area (TPSA) is 82.2 Å². The zero-order chi connectivity index (χ0) is 15.9. The lowest BCUT2D eigenvalue weighted by atomic mass is 10.2. The third-order valence-electron chi connectivity index (χ3n) is 3.31. The highest BCUT2D eigenvalue weighted by Crippen LogP contribution is 2.25. The van der Waals surface area contributed by atoms with Crippen LogP contribution in [0.5, 0.6) is 0 Å². The number of aromatic nitrogens is 1. The van der Waals surface area contributed by atoms with E-state index in [-0.39, 0.29) is 10.5 Å². The molecule has 0 atom stereocenters. The van der Waals surface area contributed by atoms with Crippen molar-refractivity contribution in [1.82, 2.24) is 3.97 Å². The van der Waals surface area contributed by atoms with Gasteiger partial charge in [-0.2, -0.15) is 0 Å².